The zero-order chi connectivity index (χ0) is 9.14. The maximum Gasteiger partial charge on any atom is 0.328 e. The van der Waals surface area contributed by atoms with Gasteiger partial charge in [0, 0.05) is 11.6 Å². The van der Waals surface area contributed by atoms with Gasteiger partial charge >= 0.3 is 5.97 Å². The largest absolute Gasteiger partial charge is 0.467 e. The summed E-state index contributed by atoms with van der Waals surface area (Å²) in [5, 5.41) is 9.19. The third-order valence-corrected chi connectivity index (χ3v) is 2.29. The monoisotopic (exact) mass is 222 g/mol. The van der Waals surface area contributed by atoms with Crippen LogP contribution in [0.1, 0.15) is 13.0 Å². The summed E-state index contributed by atoms with van der Waals surface area (Å²) in [4.78, 5) is 11.4. The lowest BCUT2D eigenvalue weighted by atomic mass is 10.3. The van der Waals surface area contributed by atoms with Crippen LogP contribution in [0.4, 0.5) is 0 Å². The number of hydrogen-bond acceptors (Lipinski definition) is 4. The molecule has 0 aliphatic carbocycles. The highest BCUT2D eigenvalue weighted by Crippen LogP contribution is 2.04. The van der Waals surface area contributed by atoms with Crippen LogP contribution >= 0.6 is 23.7 Å². The van der Waals surface area contributed by atoms with Crippen molar-refractivity contribution in [1.29, 1.82) is 5.41 Å². The summed E-state index contributed by atoms with van der Waals surface area (Å²) < 4.78 is 6.12. The van der Waals surface area contributed by atoms with Crippen molar-refractivity contribution in [2.75, 3.05) is 7.11 Å². The van der Waals surface area contributed by atoms with Crippen LogP contribution < -0.4 is 4.80 Å². The molecule has 4 nitrogen and oxygen atoms in total. The fourth-order valence-corrected chi connectivity index (χ4v) is 1.54. The predicted octanol–water partition coefficient (Wildman–Crippen LogP) is 1.18. The van der Waals surface area contributed by atoms with E-state index in [-0.39, 0.29) is 18.4 Å². The van der Waals surface area contributed by atoms with Gasteiger partial charge in [-0.3, -0.25) is 5.41 Å². The zero-order valence-electron chi connectivity index (χ0n) is 7.31. The Morgan fingerprint density at radius 3 is 2.77 bits per heavy atom. The predicted molar refractivity (Wildman–Crippen MR) is 52.1 cm³/mol. The maximum absolute atomic E-state index is 11.0. The normalized spacial score (nSPS) is 11.5. The maximum atomic E-state index is 11.0. The van der Waals surface area contributed by atoms with E-state index < -0.39 is 6.04 Å². The second kappa shape index (κ2) is 5.04. The van der Waals surface area contributed by atoms with Crippen LogP contribution in [-0.2, 0) is 9.53 Å². The Bertz CT molecular complexity index is 333. The first-order valence-corrected chi connectivity index (χ1v) is 4.33. The number of nitrogens with zero attached hydrogens (tertiary/aromatic N) is 1. The van der Waals surface area contributed by atoms with Crippen LogP contribution in [0.3, 0.4) is 0 Å². The molecule has 1 heterocycles. The Morgan fingerprint density at radius 1 is 1.77 bits per heavy atom. The van der Waals surface area contributed by atoms with Crippen molar-refractivity contribution >= 4 is 29.7 Å². The molecule has 0 amide bonds. The summed E-state index contributed by atoms with van der Waals surface area (Å²) in [6, 6.07) is -0.409. The van der Waals surface area contributed by atoms with E-state index in [9.17, 15) is 4.79 Å². The molecule has 1 atom stereocenters. The molecule has 0 aliphatic heterocycles. The molecule has 74 valence electrons. The number of halogens is 1. The third-order valence-electron chi connectivity index (χ3n) is 1.60. The number of carbonyl (C=O) groups is 1. The SMILES string of the molecule is COC(=O)C(C)n1ccsc1=N.Cl. The third kappa shape index (κ3) is 2.57. The Labute approximate surface area is 86.1 Å². The lowest BCUT2D eigenvalue weighted by molar-refractivity contribution is -0.144. The highest BCUT2D eigenvalue weighted by Gasteiger charge is 2.14. The number of ether oxygens (including phenoxy) is 1. The summed E-state index contributed by atoms with van der Waals surface area (Å²) in [7, 11) is 1.34. The van der Waals surface area contributed by atoms with Crippen LogP contribution in [0.2, 0.25) is 0 Å². The summed E-state index contributed by atoms with van der Waals surface area (Å²) >= 11 is 1.28. The Hall–Kier alpha value is -0.810. The molecule has 1 unspecified atom stereocenters. The van der Waals surface area contributed by atoms with Gasteiger partial charge < -0.3 is 9.30 Å². The fraction of sp³-hybridized carbons (Fsp3) is 0.429. The number of aromatic nitrogens is 1. The van der Waals surface area contributed by atoms with Crippen LogP contribution in [0.15, 0.2) is 11.6 Å². The van der Waals surface area contributed by atoms with Crippen molar-refractivity contribution in [1.82, 2.24) is 4.57 Å². The summed E-state index contributed by atoms with van der Waals surface area (Å²) in [5.74, 6) is -0.327. The van der Waals surface area contributed by atoms with E-state index in [1.807, 2.05) is 0 Å². The average Bonchev–Trinajstić information content (AvgIpc) is 2.48. The van der Waals surface area contributed by atoms with Crippen molar-refractivity contribution in [3.63, 3.8) is 0 Å². The van der Waals surface area contributed by atoms with Gasteiger partial charge in [0.25, 0.3) is 0 Å². The van der Waals surface area contributed by atoms with Gasteiger partial charge in [0.05, 0.1) is 7.11 Å². The lowest BCUT2D eigenvalue weighted by Gasteiger charge is -2.09. The van der Waals surface area contributed by atoms with E-state index in [1.165, 1.54) is 18.4 Å². The van der Waals surface area contributed by atoms with Gasteiger partial charge in [0.1, 0.15) is 6.04 Å². The second-order valence-electron chi connectivity index (χ2n) is 2.31. The molecule has 0 spiro atoms. The van der Waals surface area contributed by atoms with Crippen molar-refractivity contribution in [3.8, 4) is 0 Å². The first-order chi connectivity index (χ1) is 5.66. The zero-order valence-corrected chi connectivity index (χ0v) is 8.95. The molecular weight excluding hydrogens is 212 g/mol. The van der Waals surface area contributed by atoms with E-state index in [0.29, 0.717) is 4.80 Å². The summed E-state index contributed by atoms with van der Waals surface area (Å²) in [5.41, 5.74) is 0. The first kappa shape index (κ1) is 12.2. The minimum atomic E-state index is -0.409. The van der Waals surface area contributed by atoms with E-state index in [2.05, 4.69) is 4.74 Å². The van der Waals surface area contributed by atoms with Crippen molar-refractivity contribution in [2.45, 2.75) is 13.0 Å². The molecule has 1 aromatic heterocycles. The average molecular weight is 223 g/mol. The molecule has 1 aromatic rings. The van der Waals surface area contributed by atoms with Crippen LogP contribution in [-0.4, -0.2) is 17.6 Å². The number of hydrogen-bond donors (Lipinski definition) is 1. The second-order valence-corrected chi connectivity index (χ2v) is 3.21. The van der Waals surface area contributed by atoms with Gasteiger partial charge in [0.2, 0.25) is 0 Å². The summed E-state index contributed by atoms with van der Waals surface area (Å²) in [6.45, 7) is 1.70. The molecule has 13 heavy (non-hydrogen) atoms. The molecule has 0 aromatic carbocycles. The molecule has 1 rings (SSSR count). The number of methoxy groups -OCH3 is 1. The standard InChI is InChI=1S/C7H10N2O2S.ClH/c1-5(6(10)11-2)9-3-4-12-7(9)8;/h3-5,8H,1-2H3;1H. The molecule has 0 bridgehead atoms. The molecule has 0 aliphatic rings. The highest BCUT2D eigenvalue weighted by molar-refractivity contribution is 7.06. The van der Waals surface area contributed by atoms with Crippen LogP contribution in [0.5, 0.6) is 0 Å². The Balaban J connectivity index is 0.00000144. The first-order valence-electron chi connectivity index (χ1n) is 3.45. The van der Waals surface area contributed by atoms with Crippen LogP contribution in [0, 0.1) is 5.41 Å². The smallest absolute Gasteiger partial charge is 0.328 e. The summed E-state index contributed by atoms with van der Waals surface area (Å²) in [6.07, 6.45) is 1.70. The molecule has 0 radical (unpaired) electrons. The number of thiazole rings is 1. The highest BCUT2D eigenvalue weighted by atomic mass is 35.5. The number of rotatable bonds is 2. The van der Waals surface area contributed by atoms with Gasteiger partial charge in [-0.1, -0.05) is 0 Å². The Morgan fingerprint density at radius 2 is 2.38 bits per heavy atom. The van der Waals surface area contributed by atoms with E-state index in [4.69, 9.17) is 5.41 Å². The van der Waals surface area contributed by atoms with E-state index >= 15 is 0 Å². The quantitative estimate of drug-likeness (QED) is 0.765. The molecule has 1 N–H and O–H groups in total. The van der Waals surface area contributed by atoms with Gasteiger partial charge in [-0.05, 0) is 6.92 Å². The number of carbonyl (C=O) groups excluding carboxylic acids is 1. The molecule has 0 saturated carbocycles. The fourth-order valence-electron chi connectivity index (χ4n) is 0.878. The topological polar surface area (TPSA) is 55.1 Å². The molecular formula is C7H11ClN2O2S. The Kier molecular flexibility index (Phi) is 4.72. The van der Waals surface area contributed by atoms with Crippen LogP contribution in [0.25, 0.3) is 0 Å². The van der Waals surface area contributed by atoms with Crippen molar-refractivity contribution in [3.05, 3.63) is 16.4 Å². The minimum Gasteiger partial charge on any atom is -0.467 e. The van der Waals surface area contributed by atoms with Crippen molar-refractivity contribution in [2.24, 2.45) is 0 Å². The molecule has 0 fully saturated rings. The lowest BCUT2D eigenvalue weighted by Crippen LogP contribution is -2.24. The van der Waals surface area contributed by atoms with Gasteiger partial charge in [0.15, 0.2) is 4.80 Å². The van der Waals surface area contributed by atoms with Gasteiger partial charge in [-0.15, -0.1) is 23.7 Å². The van der Waals surface area contributed by atoms with Crippen molar-refractivity contribution < 1.29 is 9.53 Å². The molecule has 0 saturated heterocycles. The van der Waals surface area contributed by atoms with E-state index in [1.54, 1.807) is 23.1 Å². The molecule has 6 heteroatoms. The van der Waals surface area contributed by atoms with Gasteiger partial charge in [-0.2, -0.15) is 0 Å². The number of esters is 1. The van der Waals surface area contributed by atoms with E-state index in [0.717, 1.165) is 0 Å². The van der Waals surface area contributed by atoms with Gasteiger partial charge in [-0.25, -0.2) is 4.79 Å². The minimum absolute atomic E-state index is 0. The number of nitrogens with one attached hydrogen (secondary N) is 1.